The predicted molar refractivity (Wildman–Crippen MR) is 109 cm³/mol. The Balaban J connectivity index is 1.96. The summed E-state index contributed by atoms with van der Waals surface area (Å²) < 4.78 is 0.484. The van der Waals surface area contributed by atoms with Crippen LogP contribution < -0.4 is 10.7 Å². The van der Waals surface area contributed by atoms with Crippen LogP contribution in [0.5, 0.6) is 11.5 Å². The van der Waals surface area contributed by atoms with Crippen LogP contribution in [0.1, 0.15) is 21.5 Å². The molecule has 2 rings (SSSR count). The fraction of sp³-hybridized carbons (Fsp3) is 0.118. The summed E-state index contributed by atoms with van der Waals surface area (Å²) in [6.45, 7) is 1.37. The molecule has 2 aromatic rings. The number of amides is 2. The Labute approximate surface area is 176 Å². The van der Waals surface area contributed by atoms with Gasteiger partial charge in [-0.3, -0.25) is 9.59 Å². The van der Waals surface area contributed by atoms with Crippen LogP contribution in [0.3, 0.4) is 0 Å². The molecular formula is C17H14Br2ClN3O4. The molecule has 0 aromatic heterocycles. The van der Waals surface area contributed by atoms with Crippen molar-refractivity contribution in [2.45, 2.75) is 6.92 Å². The largest absolute Gasteiger partial charge is 0.506 e. The van der Waals surface area contributed by atoms with Gasteiger partial charge in [0.25, 0.3) is 11.8 Å². The van der Waals surface area contributed by atoms with Crippen LogP contribution in [0.25, 0.3) is 0 Å². The number of nitrogens with one attached hydrogen (secondary N) is 2. The first-order chi connectivity index (χ1) is 12.7. The zero-order valence-corrected chi connectivity index (χ0v) is 17.8. The molecule has 2 aromatic carbocycles. The van der Waals surface area contributed by atoms with Gasteiger partial charge in [-0.25, -0.2) is 5.43 Å². The van der Waals surface area contributed by atoms with E-state index in [1.807, 2.05) is 0 Å². The van der Waals surface area contributed by atoms with E-state index in [0.717, 1.165) is 0 Å². The summed E-state index contributed by atoms with van der Waals surface area (Å²) in [5.41, 5.74) is 3.45. The monoisotopic (exact) mass is 517 g/mol. The van der Waals surface area contributed by atoms with Crippen molar-refractivity contribution < 1.29 is 19.8 Å². The molecular weight excluding hydrogens is 505 g/mol. The maximum absolute atomic E-state index is 11.9. The molecule has 0 aliphatic carbocycles. The van der Waals surface area contributed by atoms with E-state index in [-0.39, 0.29) is 22.5 Å². The molecule has 142 valence electrons. The van der Waals surface area contributed by atoms with Gasteiger partial charge in [0.05, 0.1) is 17.2 Å². The summed E-state index contributed by atoms with van der Waals surface area (Å²) in [6.07, 6.45) is 1.23. The number of hydrogen-bond acceptors (Lipinski definition) is 5. The number of rotatable bonds is 5. The fourth-order valence-corrected chi connectivity index (χ4v) is 3.25. The summed E-state index contributed by atoms with van der Waals surface area (Å²) in [5.74, 6) is -1.34. The van der Waals surface area contributed by atoms with E-state index in [0.29, 0.717) is 26.2 Å². The van der Waals surface area contributed by atoms with Crippen molar-refractivity contribution in [1.29, 1.82) is 0 Å². The molecule has 0 aliphatic rings. The first-order valence-corrected chi connectivity index (χ1v) is 9.44. The minimum absolute atomic E-state index is 0.1000. The van der Waals surface area contributed by atoms with Crippen molar-refractivity contribution >= 4 is 61.5 Å². The summed E-state index contributed by atoms with van der Waals surface area (Å²) in [4.78, 5) is 23.7. The van der Waals surface area contributed by atoms with Gasteiger partial charge < -0.3 is 15.5 Å². The van der Waals surface area contributed by atoms with Gasteiger partial charge in [-0.15, -0.1) is 0 Å². The molecule has 0 heterocycles. The number of hydrazone groups is 1. The molecule has 0 unspecified atom stereocenters. The lowest BCUT2D eigenvalue weighted by Gasteiger charge is -2.11. The van der Waals surface area contributed by atoms with E-state index in [4.69, 9.17) is 11.6 Å². The zero-order chi connectivity index (χ0) is 20.1. The predicted octanol–water partition coefficient (Wildman–Crippen LogP) is 3.46. The fourth-order valence-electron chi connectivity index (χ4n) is 2.03. The topological polar surface area (TPSA) is 111 Å². The number of halogens is 3. The molecule has 0 saturated heterocycles. The first kappa shape index (κ1) is 21.2. The van der Waals surface area contributed by atoms with Crippen LogP contribution in [-0.2, 0) is 4.79 Å². The van der Waals surface area contributed by atoms with Crippen LogP contribution in [0.15, 0.2) is 38.3 Å². The molecule has 0 saturated carbocycles. The van der Waals surface area contributed by atoms with Crippen molar-refractivity contribution in [2.75, 3.05) is 6.54 Å². The molecule has 7 nitrogen and oxygen atoms in total. The minimum Gasteiger partial charge on any atom is -0.506 e. The normalized spacial score (nSPS) is 10.8. The van der Waals surface area contributed by atoms with Crippen molar-refractivity contribution in [1.82, 2.24) is 10.7 Å². The first-order valence-electron chi connectivity index (χ1n) is 7.47. The molecule has 10 heteroatoms. The number of phenolic OH excluding ortho intramolecular Hbond substituents is 2. The van der Waals surface area contributed by atoms with Gasteiger partial charge in [0.2, 0.25) is 0 Å². The lowest BCUT2D eigenvalue weighted by atomic mass is 10.1. The number of benzene rings is 2. The summed E-state index contributed by atoms with van der Waals surface area (Å²) >= 11 is 12.0. The van der Waals surface area contributed by atoms with Crippen LogP contribution >= 0.6 is 43.5 Å². The number of carbonyl (C=O) groups excluding carboxylic acids is 2. The lowest BCUT2D eigenvalue weighted by molar-refractivity contribution is -0.120. The Morgan fingerprint density at radius 3 is 2.41 bits per heavy atom. The van der Waals surface area contributed by atoms with Gasteiger partial charge in [-0.05, 0) is 68.6 Å². The highest BCUT2D eigenvalue weighted by Gasteiger charge is 2.17. The summed E-state index contributed by atoms with van der Waals surface area (Å²) in [5, 5.41) is 26.6. The van der Waals surface area contributed by atoms with Crippen molar-refractivity contribution in [2.24, 2.45) is 5.10 Å². The maximum Gasteiger partial charge on any atom is 0.259 e. The molecule has 0 atom stereocenters. The zero-order valence-electron chi connectivity index (χ0n) is 13.9. The number of phenols is 2. The van der Waals surface area contributed by atoms with Crippen molar-refractivity contribution in [3.63, 3.8) is 0 Å². The third kappa shape index (κ3) is 5.21. The van der Waals surface area contributed by atoms with E-state index < -0.39 is 11.8 Å². The quantitative estimate of drug-likeness (QED) is 0.358. The molecule has 0 bridgehead atoms. The van der Waals surface area contributed by atoms with Crippen LogP contribution in [0.4, 0.5) is 0 Å². The third-order valence-electron chi connectivity index (χ3n) is 3.51. The molecule has 0 radical (unpaired) electrons. The highest BCUT2D eigenvalue weighted by molar-refractivity contribution is 9.11. The van der Waals surface area contributed by atoms with Crippen LogP contribution in [0, 0.1) is 6.92 Å². The number of nitrogens with zero attached hydrogens (tertiary/aromatic N) is 1. The Kier molecular flexibility index (Phi) is 7.23. The van der Waals surface area contributed by atoms with Gasteiger partial charge >= 0.3 is 0 Å². The second-order valence-electron chi connectivity index (χ2n) is 5.35. The average molecular weight is 520 g/mol. The number of hydrogen-bond donors (Lipinski definition) is 4. The van der Waals surface area contributed by atoms with E-state index in [2.05, 4.69) is 47.7 Å². The maximum atomic E-state index is 11.9. The second kappa shape index (κ2) is 9.20. The number of carbonyl (C=O) groups is 2. The number of aromatic hydroxyl groups is 2. The summed E-state index contributed by atoms with van der Waals surface area (Å²) in [6, 6.07) is 6.23. The van der Waals surface area contributed by atoms with E-state index in [9.17, 15) is 19.8 Å². The SMILES string of the molecule is Cc1c(Br)c(O)c(Br)c(O)c1C=NNC(=O)CNC(=O)c1ccc(Cl)cc1. The third-order valence-corrected chi connectivity index (χ3v) is 5.48. The Bertz CT molecular complexity index is 888. The van der Waals surface area contributed by atoms with Gasteiger partial charge in [0, 0.05) is 16.1 Å². The molecule has 0 aliphatic heterocycles. The minimum atomic E-state index is -0.553. The molecule has 2 amide bonds. The van der Waals surface area contributed by atoms with Gasteiger partial charge in [0.15, 0.2) is 0 Å². The average Bonchev–Trinajstić information content (AvgIpc) is 2.66. The van der Waals surface area contributed by atoms with Gasteiger partial charge in [0.1, 0.15) is 16.0 Å². The molecule has 27 heavy (non-hydrogen) atoms. The highest BCUT2D eigenvalue weighted by Crippen LogP contribution is 2.43. The Morgan fingerprint density at radius 1 is 1.15 bits per heavy atom. The Morgan fingerprint density at radius 2 is 1.78 bits per heavy atom. The van der Waals surface area contributed by atoms with E-state index >= 15 is 0 Å². The molecule has 0 spiro atoms. The smallest absolute Gasteiger partial charge is 0.259 e. The molecule has 4 N–H and O–H groups in total. The van der Waals surface area contributed by atoms with Crippen LogP contribution in [0.2, 0.25) is 5.02 Å². The van der Waals surface area contributed by atoms with E-state index in [1.54, 1.807) is 31.2 Å². The van der Waals surface area contributed by atoms with Crippen molar-refractivity contribution in [3.05, 3.63) is 54.9 Å². The lowest BCUT2D eigenvalue weighted by Crippen LogP contribution is -2.34. The standard InChI is InChI=1S/C17H14Br2ClN3O4/c1-8-11(15(25)14(19)16(26)13(8)18)6-22-23-12(24)7-21-17(27)9-2-4-10(20)5-3-9/h2-6,25-26H,7H2,1H3,(H,21,27)(H,23,24). The highest BCUT2D eigenvalue weighted by atomic mass is 79.9. The van der Waals surface area contributed by atoms with E-state index in [1.165, 1.54) is 6.21 Å². The van der Waals surface area contributed by atoms with Gasteiger partial charge in [-0.1, -0.05) is 11.6 Å². The van der Waals surface area contributed by atoms with Gasteiger partial charge in [-0.2, -0.15) is 5.10 Å². The summed E-state index contributed by atoms with van der Waals surface area (Å²) in [7, 11) is 0. The van der Waals surface area contributed by atoms with Crippen molar-refractivity contribution in [3.8, 4) is 11.5 Å². The Hall–Kier alpha value is -2.10. The second-order valence-corrected chi connectivity index (χ2v) is 7.37. The molecule has 0 fully saturated rings. The van der Waals surface area contributed by atoms with Crippen LogP contribution in [-0.4, -0.2) is 34.8 Å².